The van der Waals surface area contributed by atoms with Gasteiger partial charge in [0.15, 0.2) is 0 Å². The highest BCUT2D eigenvalue weighted by molar-refractivity contribution is 6.30. The first-order valence-corrected chi connectivity index (χ1v) is 11.1. The van der Waals surface area contributed by atoms with E-state index in [0.717, 1.165) is 39.6 Å². The van der Waals surface area contributed by atoms with E-state index in [4.69, 9.17) is 17.3 Å². The van der Waals surface area contributed by atoms with Crippen molar-refractivity contribution in [2.45, 2.75) is 19.3 Å². The minimum Gasteiger partial charge on any atom is -0.369 e. The molecule has 0 aliphatic heterocycles. The number of carbonyl (C=O) groups is 2. The zero-order chi connectivity index (χ0) is 23.2. The number of aromatic nitrogens is 1. The predicted molar refractivity (Wildman–Crippen MR) is 131 cm³/mol. The van der Waals surface area contributed by atoms with Gasteiger partial charge in [-0.25, -0.2) is 0 Å². The summed E-state index contributed by atoms with van der Waals surface area (Å²) >= 11 is 5.90. The van der Waals surface area contributed by atoms with Crippen LogP contribution in [0.2, 0.25) is 5.02 Å². The van der Waals surface area contributed by atoms with E-state index in [9.17, 15) is 9.59 Å². The number of amides is 2. The highest BCUT2D eigenvalue weighted by atomic mass is 35.5. The first-order valence-electron chi connectivity index (χ1n) is 10.7. The smallest absolute Gasteiger partial charge is 0.251 e. The molecule has 3 aromatic carbocycles. The van der Waals surface area contributed by atoms with E-state index in [-0.39, 0.29) is 18.2 Å². The molecule has 5 nitrogen and oxygen atoms in total. The van der Waals surface area contributed by atoms with Crippen molar-refractivity contribution >= 4 is 34.2 Å². The van der Waals surface area contributed by atoms with Crippen LogP contribution in [-0.4, -0.2) is 23.3 Å². The van der Waals surface area contributed by atoms with E-state index in [1.54, 1.807) is 6.20 Å². The van der Waals surface area contributed by atoms with Gasteiger partial charge in [-0.1, -0.05) is 60.1 Å². The Hall–Kier alpha value is -3.70. The Morgan fingerprint density at radius 3 is 2.24 bits per heavy atom. The van der Waals surface area contributed by atoms with Gasteiger partial charge in [-0.15, -0.1) is 0 Å². The van der Waals surface area contributed by atoms with Crippen LogP contribution >= 0.6 is 11.6 Å². The van der Waals surface area contributed by atoms with Crippen LogP contribution in [0.25, 0.3) is 10.8 Å². The standard InChI is InChI=1S/C27H24ClN3O2/c28-22-11-7-18(8-12-22)13-14-30-27(33)20-9-5-19(6-10-20)15-25-24-4-2-1-3-23(24)21(17-31-25)16-26(29)32/h1-12,17H,13-16H2,(H2,29,32)(H,30,33). The zero-order valence-electron chi connectivity index (χ0n) is 18.1. The maximum absolute atomic E-state index is 12.5. The van der Waals surface area contributed by atoms with E-state index in [2.05, 4.69) is 10.3 Å². The summed E-state index contributed by atoms with van der Waals surface area (Å²) in [5, 5.41) is 5.64. The Labute approximate surface area is 197 Å². The van der Waals surface area contributed by atoms with Crippen LogP contribution in [0.3, 0.4) is 0 Å². The third-order valence-electron chi connectivity index (χ3n) is 5.53. The highest BCUT2D eigenvalue weighted by Crippen LogP contribution is 2.23. The lowest BCUT2D eigenvalue weighted by Crippen LogP contribution is -2.25. The Bertz CT molecular complexity index is 1290. The third kappa shape index (κ3) is 5.76. The molecular formula is C27H24ClN3O2. The largest absolute Gasteiger partial charge is 0.369 e. The first-order chi connectivity index (χ1) is 16.0. The topological polar surface area (TPSA) is 85.1 Å². The summed E-state index contributed by atoms with van der Waals surface area (Å²) in [7, 11) is 0. The van der Waals surface area contributed by atoms with Crippen molar-refractivity contribution in [2.24, 2.45) is 5.73 Å². The van der Waals surface area contributed by atoms with Crippen LogP contribution in [0, 0.1) is 0 Å². The number of carbonyl (C=O) groups excluding carboxylic acids is 2. The molecule has 0 aliphatic carbocycles. The Kier molecular flexibility index (Phi) is 7.01. The minimum atomic E-state index is -0.378. The van der Waals surface area contributed by atoms with Gasteiger partial charge < -0.3 is 11.1 Å². The van der Waals surface area contributed by atoms with Crippen LogP contribution in [-0.2, 0) is 24.1 Å². The number of hydrogen-bond acceptors (Lipinski definition) is 3. The molecule has 0 saturated heterocycles. The summed E-state index contributed by atoms with van der Waals surface area (Å²) in [6, 6.07) is 23.1. The Balaban J connectivity index is 1.41. The quantitative estimate of drug-likeness (QED) is 0.409. The van der Waals surface area contributed by atoms with Crippen molar-refractivity contribution in [3.8, 4) is 0 Å². The van der Waals surface area contributed by atoms with E-state index in [1.165, 1.54) is 0 Å². The molecular weight excluding hydrogens is 434 g/mol. The van der Waals surface area contributed by atoms with Crippen LogP contribution in [0.4, 0.5) is 0 Å². The summed E-state index contributed by atoms with van der Waals surface area (Å²) in [5.41, 5.74) is 9.91. The summed E-state index contributed by atoms with van der Waals surface area (Å²) in [6.45, 7) is 0.551. The number of benzene rings is 3. The SMILES string of the molecule is NC(=O)Cc1cnc(Cc2ccc(C(=O)NCCc3ccc(Cl)cc3)cc2)c2ccccc12. The Morgan fingerprint density at radius 2 is 1.55 bits per heavy atom. The highest BCUT2D eigenvalue weighted by Gasteiger charge is 2.11. The minimum absolute atomic E-state index is 0.102. The van der Waals surface area contributed by atoms with Gasteiger partial charge in [-0.3, -0.25) is 14.6 Å². The van der Waals surface area contributed by atoms with E-state index in [1.807, 2.05) is 72.8 Å². The second kappa shape index (κ2) is 10.3. The van der Waals surface area contributed by atoms with Crippen molar-refractivity contribution in [3.05, 3.63) is 112 Å². The van der Waals surface area contributed by atoms with Gasteiger partial charge in [0.25, 0.3) is 5.91 Å². The number of nitrogens with zero attached hydrogens (tertiary/aromatic N) is 1. The molecule has 3 N–H and O–H groups in total. The van der Waals surface area contributed by atoms with Gasteiger partial charge in [0.2, 0.25) is 5.91 Å². The van der Waals surface area contributed by atoms with Gasteiger partial charge in [0.05, 0.1) is 12.1 Å². The number of halogens is 1. The monoisotopic (exact) mass is 457 g/mol. The molecule has 6 heteroatoms. The molecule has 4 aromatic rings. The fraction of sp³-hybridized carbons (Fsp3) is 0.148. The van der Waals surface area contributed by atoms with Gasteiger partial charge in [0.1, 0.15) is 0 Å². The van der Waals surface area contributed by atoms with Crippen molar-refractivity contribution in [3.63, 3.8) is 0 Å². The number of fused-ring (bicyclic) bond motifs is 1. The average molecular weight is 458 g/mol. The molecule has 0 bridgehead atoms. The number of nitrogens with one attached hydrogen (secondary N) is 1. The van der Waals surface area contributed by atoms with Crippen LogP contribution in [0.5, 0.6) is 0 Å². The number of pyridine rings is 1. The van der Waals surface area contributed by atoms with E-state index < -0.39 is 0 Å². The summed E-state index contributed by atoms with van der Waals surface area (Å²) in [6.07, 6.45) is 3.25. The maximum Gasteiger partial charge on any atom is 0.251 e. The molecule has 0 fully saturated rings. The van der Waals surface area contributed by atoms with Crippen molar-refractivity contribution in [1.82, 2.24) is 10.3 Å². The Morgan fingerprint density at radius 1 is 0.879 bits per heavy atom. The van der Waals surface area contributed by atoms with Crippen molar-refractivity contribution in [2.75, 3.05) is 6.54 Å². The number of primary amides is 1. The van der Waals surface area contributed by atoms with E-state index >= 15 is 0 Å². The second-order valence-electron chi connectivity index (χ2n) is 7.92. The predicted octanol–water partition coefficient (Wildman–Crippen LogP) is 4.48. The van der Waals surface area contributed by atoms with E-state index in [0.29, 0.717) is 23.6 Å². The lowest BCUT2D eigenvalue weighted by atomic mass is 9.99. The van der Waals surface area contributed by atoms with Gasteiger partial charge in [-0.2, -0.15) is 0 Å². The lowest BCUT2D eigenvalue weighted by Gasteiger charge is -2.10. The van der Waals surface area contributed by atoms with Gasteiger partial charge in [0, 0.05) is 35.1 Å². The molecule has 33 heavy (non-hydrogen) atoms. The molecule has 4 rings (SSSR count). The zero-order valence-corrected chi connectivity index (χ0v) is 18.8. The number of rotatable bonds is 8. The van der Waals surface area contributed by atoms with Crippen molar-refractivity contribution < 1.29 is 9.59 Å². The average Bonchev–Trinajstić information content (AvgIpc) is 2.82. The number of hydrogen-bond donors (Lipinski definition) is 2. The molecule has 2 amide bonds. The molecule has 1 heterocycles. The fourth-order valence-corrected chi connectivity index (χ4v) is 3.95. The molecule has 0 saturated carbocycles. The first kappa shape index (κ1) is 22.5. The third-order valence-corrected chi connectivity index (χ3v) is 5.78. The van der Waals surface area contributed by atoms with Crippen LogP contribution in [0.1, 0.15) is 32.7 Å². The second-order valence-corrected chi connectivity index (χ2v) is 8.36. The maximum atomic E-state index is 12.5. The van der Waals surface area contributed by atoms with Crippen LogP contribution < -0.4 is 11.1 Å². The lowest BCUT2D eigenvalue weighted by molar-refractivity contribution is -0.117. The fourth-order valence-electron chi connectivity index (χ4n) is 3.82. The number of nitrogens with two attached hydrogens (primary N) is 1. The summed E-state index contributed by atoms with van der Waals surface area (Å²) in [5.74, 6) is -0.480. The molecule has 1 aromatic heterocycles. The normalized spacial score (nSPS) is 10.8. The van der Waals surface area contributed by atoms with Gasteiger partial charge >= 0.3 is 0 Å². The molecule has 0 aliphatic rings. The summed E-state index contributed by atoms with van der Waals surface area (Å²) in [4.78, 5) is 28.5. The molecule has 0 spiro atoms. The van der Waals surface area contributed by atoms with Gasteiger partial charge in [-0.05, 0) is 52.8 Å². The van der Waals surface area contributed by atoms with Crippen LogP contribution in [0.15, 0.2) is 79.0 Å². The molecule has 0 unspecified atom stereocenters. The molecule has 166 valence electrons. The molecule has 0 atom stereocenters. The molecule has 0 radical (unpaired) electrons. The summed E-state index contributed by atoms with van der Waals surface area (Å²) < 4.78 is 0. The van der Waals surface area contributed by atoms with Crippen molar-refractivity contribution in [1.29, 1.82) is 0 Å².